The van der Waals surface area contributed by atoms with Crippen LogP contribution in [0.15, 0.2) is 35.3 Å². The molecule has 1 aliphatic heterocycles. The first-order valence-corrected chi connectivity index (χ1v) is 12.7. The van der Waals surface area contributed by atoms with Gasteiger partial charge in [-0.1, -0.05) is 6.07 Å². The first kappa shape index (κ1) is 23.1. The topological polar surface area (TPSA) is 119 Å². The molecule has 36 heavy (non-hydrogen) atoms. The highest BCUT2D eigenvalue weighted by Gasteiger charge is 2.43. The van der Waals surface area contributed by atoms with Gasteiger partial charge in [-0.25, -0.2) is 4.98 Å². The number of hydrogen-bond donors (Lipinski definition) is 3. The van der Waals surface area contributed by atoms with E-state index in [2.05, 4.69) is 39.7 Å². The highest BCUT2D eigenvalue weighted by atomic mass is 16.3. The molecule has 3 heterocycles. The van der Waals surface area contributed by atoms with Crippen molar-refractivity contribution in [3.8, 4) is 6.07 Å². The summed E-state index contributed by atoms with van der Waals surface area (Å²) in [6.45, 7) is 4.68. The molecule has 3 aliphatic rings. The Kier molecular flexibility index (Phi) is 5.37. The molecule has 3 aromatic rings. The van der Waals surface area contributed by atoms with Crippen LogP contribution >= 0.6 is 0 Å². The van der Waals surface area contributed by atoms with E-state index >= 15 is 0 Å². The lowest BCUT2D eigenvalue weighted by Gasteiger charge is -2.28. The van der Waals surface area contributed by atoms with Crippen LogP contribution in [0.2, 0.25) is 0 Å². The minimum absolute atomic E-state index is 0.0314. The number of hydrogen-bond acceptors (Lipinski definition) is 8. The number of nitrogens with zero attached hydrogens (tertiary/aromatic N) is 5. The molecule has 2 unspecified atom stereocenters. The van der Waals surface area contributed by atoms with Gasteiger partial charge >= 0.3 is 0 Å². The van der Waals surface area contributed by atoms with Gasteiger partial charge in [0.15, 0.2) is 0 Å². The summed E-state index contributed by atoms with van der Waals surface area (Å²) in [5.74, 6) is 0.375. The van der Waals surface area contributed by atoms with Gasteiger partial charge in [-0.05, 0) is 75.4 Å². The standard InChI is InChI=1S/C27H31N7O2/c1-26(36)7-3-4-22(26)34-23-19(10-18(12-28)24(34)35)13-30-25(32-23)31-21-6-5-17-14-33(15-20(17)11-21)16-27(29-2)8-9-27/h5-6,10-11,13,22,29,36H,3-4,7-9,14-16H2,1-2H3,(H,30,31,32). The van der Waals surface area contributed by atoms with Gasteiger partial charge in [0.1, 0.15) is 17.3 Å². The van der Waals surface area contributed by atoms with Crippen LogP contribution in [0, 0.1) is 11.3 Å². The maximum atomic E-state index is 13.2. The van der Waals surface area contributed by atoms with E-state index in [0.29, 0.717) is 29.8 Å². The number of pyridine rings is 1. The Labute approximate surface area is 209 Å². The van der Waals surface area contributed by atoms with Gasteiger partial charge in [-0.2, -0.15) is 10.2 Å². The van der Waals surface area contributed by atoms with Gasteiger partial charge < -0.3 is 15.7 Å². The predicted octanol–water partition coefficient (Wildman–Crippen LogP) is 2.95. The van der Waals surface area contributed by atoms with Crippen molar-refractivity contribution >= 4 is 22.7 Å². The SMILES string of the molecule is CNC1(CN2Cc3ccc(Nc4ncc5cc(C#N)c(=O)n(C6CCCC6(C)O)c5n4)cc3C2)CC1. The number of aromatic nitrogens is 3. The average Bonchev–Trinajstić information content (AvgIpc) is 3.38. The third kappa shape index (κ3) is 3.95. The molecular weight excluding hydrogens is 454 g/mol. The summed E-state index contributed by atoms with van der Waals surface area (Å²) >= 11 is 0. The number of anilines is 2. The van der Waals surface area contributed by atoms with Crippen molar-refractivity contribution < 1.29 is 5.11 Å². The van der Waals surface area contributed by atoms with Gasteiger partial charge in [0.2, 0.25) is 5.95 Å². The van der Waals surface area contributed by atoms with E-state index in [-0.39, 0.29) is 11.1 Å². The number of nitriles is 1. The van der Waals surface area contributed by atoms with Crippen LogP contribution in [0.4, 0.5) is 11.6 Å². The number of aliphatic hydroxyl groups is 1. The zero-order valence-corrected chi connectivity index (χ0v) is 20.7. The summed E-state index contributed by atoms with van der Waals surface area (Å²) in [4.78, 5) is 24.8. The lowest BCUT2D eigenvalue weighted by molar-refractivity contribution is 0.0266. The van der Waals surface area contributed by atoms with Crippen LogP contribution < -0.4 is 16.2 Å². The molecule has 0 spiro atoms. The summed E-state index contributed by atoms with van der Waals surface area (Å²) in [7, 11) is 2.05. The Morgan fingerprint density at radius 1 is 1.22 bits per heavy atom. The smallest absolute Gasteiger partial charge is 0.270 e. The Morgan fingerprint density at radius 3 is 2.72 bits per heavy atom. The number of likely N-dealkylation sites (N-methyl/N-ethyl adjacent to an activating group) is 1. The van der Waals surface area contributed by atoms with Gasteiger partial charge in [-0.15, -0.1) is 0 Å². The minimum Gasteiger partial charge on any atom is -0.388 e. The molecule has 2 atom stereocenters. The van der Waals surface area contributed by atoms with Crippen molar-refractivity contribution in [3.05, 3.63) is 57.5 Å². The molecule has 0 radical (unpaired) electrons. The fourth-order valence-electron chi connectivity index (χ4n) is 5.94. The molecule has 3 N–H and O–H groups in total. The highest BCUT2D eigenvalue weighted by molar-refractivity contribution is 5.77. The molecular formula is C27H31N7O2. The number of nitrogens with one attached hydrogen (secondary N) is 2. The Balaban J connectivity index is 1.31. The maximum absolute atomic E-state index is 13.2. The normalized spacial score (nSPS) is 24.6. The summed E-state index contributed by atoms with van der Waals surface area (Å²) in [5, 5.41) is 27.8. The van der Waals surface area contributed by atoms with Crippen molar-refractivity contribution in [2.45, 2.75) is 69.3 Å². The first-order valence-electron chi connectivity index (χ1n) is 12.7. The number of benzene rings is 1. The predicted molar refractivity (Wildman–Crippen MR) is 137 cm³/mol. The Hall–Kier alpha value is -3.32. The zero-order valence-electron chi connectivity index (χ0n) is 20.7. The molecule has 186 valence electrons. The second-order valence-electron chi connectivity index (χ2n) is 10.9. The van der Waals surface area contributed by atoms with E-state index in [1.165, 1.54) is 34.6 Å². The van der Waals surface area contributed by atoms with E-state index in [1.54, 1.807) is 13.1 Å². The van der Waals surface area contributed by atoms with Gasteiger partial charge in [0.05, 0.1) is 11.6 Å². The van der Waals surface area contributed by atoms with E-state index < -0.39 is 17.2 Å². The van der Waals surface area contributed by atoms with Crippen LogP contribution in [-0.2, 0) is 13.1 Å². The fraction of sp³-hybridized carbons (Fsp3) is 0.481. The molecule has 9 nitrogen and oxygen atoms in total. The van der Waals surface area contributed by atoms with Gasteiger partial charge in [0.25, 0.3) is 5.56 Å². The number of fused-ring (bicyclic) bond motifs is 2. The Morgan fingerprint density at radius 2 is 2.03 bits per heavy atom. The molecule has 2 aliphatic carbocycles. The van der Waals surface area contributed by atoms with Crippen LogP contribution in [0.5, 0.6) is 0 Å². The minimum atomic E-state index is -1.04. The van der Waals surface area contributed by atoms with Gasteiger partial charge in [0, 0.05) is 42.4 Å². The average molecular weight is 486 g/mol. The van der Waals surface area contributed by atoms with Crippen molar-refractivity contribution in [1.29, 1.82) is 5.26 Å². The molecule has 0 bridgehead atoms. The molecule has 0 saturated heterocycles. The molecule has 9 heteroatoms. The quantitative estimate of drug-likeness (QED) is 0.488. The largest absolute Gasteiger partial charge is 0.388 e. The fourth-order valence-corrected chi connectivity index (χ4v) is 5.94. The zero-order chi connectivity index (χ0) is 25.1. The van der Waals surface area contributed by atoms with E-state index in [9.17, 15) is 15.2 Å². The molecule has 1 aromatic carbocycles. The second kappa shape index (κ2) is 8.37. The Bertz CT molecular complexity index is 1450. The van der Waals surface area contributed by atoms with Gasteiger partial charge in [-0.3, -0.25) is 14.3 Å². The van der Waals surface area contributed by atoms with Crippen molar-refractivity contribution in [1.82, 2.24) is 24.8 Å². The molecule has 0 amide bonds. The van der Waals surface area contributed by atoms with Crippen LogP contribution in [0.1, 0.15) is 61.8 Å². The van der Waals surface area contributed by atoms with Crippen molar-refractivity contribution in [2.75, 3.05) is 18.9 Å². The summed E-state index contributed by atoms with van der Waals surface area (Å²) in [5.41, 5.74) is 2.81. The van der Waals surface area contributed by atoms with Crippen molar-refractivity contribution in [3.63, 3.8) is 0 Å². The van der Waals surface area contributed by atoms with E-state index in [4.69, 9.17) is 4.98 Å². The lowest BCUT2D eigenvalue weighted by Crippen LogP contribution is -2.39. The number of rotatable bonds is 6. The molecule has 6 rings (SSSR count). The van der Waals surface area contributed by atoms with Crippen molar-refractivity contribution in [2.24, 2.45) is 0 Å². The monoisotopic (exact) mass is 485 g/mol. The maximum Gasteiger partial charge on any atom is 0.270 e. The summed E-state index contributed by atoms with van der Waals surface area (Å²) in [6, 6.07) is 9.42. The molecule has 2 saturated carbocycles. The molecule has 2 aromatic heterocycles. The summed E-state index contributed by atoms with van der Waals surface area (Å²) in [6.07, 6.45) is 6.16. The lowest BCUT2D eigenvalue weighted by atomic mass is 9.99. The highest BCUT2D eigenvalue weighted by Crippen LogP contribution is 2.40. The van der Waals surface area contributed by atoms with Crippen LogP contribution in [0.25, 0.3) is 11.0 Å². The van der Waals surface area contributed by atoms with Crippen LogP contribution in [0.3, 0.4) is 0 Å². The second-order valence-corrected chi connectivity index (χ2v) is 10.9. The third-order valence-electron chi connectivity index (χ3n) is 8.24. The third-order valence-corrected chi connectivity index (χ3v) is 8.24. The van der Waals surface area contributed by atoms with E-state index in [1.807, 2.05) is 12.1 Å². The first-order chi connectivity index (χ1) is 17.3. The van der Waals surface area contributed by atoms with Crippen LogP contribution in [-0.4, -0.2) is 49.3 Å². The molecule has 2 fully saturated rings. The summed E-state index contributed by atoms with van der Waals surface area (Å²) < 4.78 is 1.50. The van der Waals surface area contributed by atoms with E-state index in [0.717, 1.165) is 31.7 Å².